The smallest absolute Gasteiger partial charge is 0.309 e. The SMILES string of the molecule is CC(=O)C1CCC(C(=O)OC2CCC(OC(=O)C3CCC4CC(C(C)=O)CCC4C3)CC2)CC1. The molecule has 0 spiro atoms. The molecule has 4 aliphatic carbocycles. The minimum Gasteiger partial charge on any atom is -0.462 e. The number of ether oxygens (including phenoxy) is 2. The van der Waals surface area contributed by atoms with Crippen LogP contribution in [0.5, 0.6) is 0 Å². The van der Waals surface area contributed by atoms with Gasteiger partial charge in [-0.25, -0.2) is 0 Å². The largest absolute Gasteiger partial charge is 0.462 e. The van der Waals surface area contributed by atoms with Gasteiger partial charge in [0.25, 0.3) is 0 Å². The van der Waals surface area contributed by atoms with Crippen molar-refractivity contribution in [3.63, 3.8) is 0 Å². The highest BCUT2D eigenvalue weighted by Crippen LogP contribution is 2.45. The number of Topliss-reactive ketones (excluding diaryl/α,β-unsaturated/α-hetero) is 2. The van der Waals surface area contributed by atoms with Gasteiger partial charge in [-0.1, -0.05) is 0 Å². The number of rotatable bonds is 6. The van der Waals surface area contributed by atoms with Crippen molar-refractivity contribution in [3.05, 3.63) is 0 Å². The van der Waals surface area contributed by atoms with Crippen molar-refractivity contribution in [2.24, 2.45) is 35.5 Å². The number of carbonyl (C=O) groups excluding carboxylic acids is 4. The molecule has 0 N–H and O–H groups in total. The van der Waals surface area contributed by atoms with Gasteiger partial charge in [-0.05, 0) is 116 Å². The van der Waals surface area contributed by atoms with Crippen molar-refractivity contribution in [2.45, 2.75) is 116 Å². The molecule has 4 aliphatic rings. The molecule has 190 valence electrons. The lowest BCUT2D eigenvalue weighted by atomic mass is 9.64. The molecule has 6 nitrogen and oxygen atoms in total. The van der Waals surface area contributed by atoms with Gasteiger partial charge in [0, 0.05) is 11.8 Å². The maximum absolute atomic E-state index is 12.9. The predicted octanol–water partition coefficient (Wildman–Crippen LogP) is 5.20. The Morgan fingerprint density at radius 3 is 1.35 bits per heavy atom. The summed E-state index contributed by atoms with van der Waals surface area (Å²) in [4.78, 5) is 48.7. The molecule has 4 unspecified atom stereocenters. The van der Waals surface area contributed by atoms with Crippen LogP contribution in [0, 0.1) is 35.5 Å². The molecule has 34 heavy (non-hydrogen) atoms. The number of fused-ring (bicyclic) bond motifs is 1. The fraction of sp³-hybridized carbons (Fsp3) is 0.857. The molecular weight excluding hydrogens is 432 g/mol. The highest BCUT2D eigenvalue weighted by molar-refractivity contribution is 5.79. The van der Waals surface area contributed by atoms with E-state index in [2.05, 4.69) is 0 Å². The first-order valence-electron chi connectivity index (χ1n) is 13.7. The molecule has 4 atom stereocenters. The van der Waals surface area contributed by atoms with Crippen molar-refractivity contribution in [1.29, 1.82) is 0 Å². The van der Waals surface area contributed by atoms with Crippen LogP contribution in [0.3, 0.4) is 0 Å². The molecule has 4 fully saturated rings. The van der Waals surface area contributed by atoms with Crippen LogP contribution in [-0.2, 0) is 28.7 Å². The molecule has 4 saturated carbocycles. The molecule has 4 rings (SSSR count). The van der Waals surface area contributed by atoms with Crippen LogP contribution >= 0.6 is 0 Å². The fourth-order valence-corrected chi connectivity index (χ4v) is 7.00. The number of carbonyl (C=O) groups is 4. The molecule has 6 heteroatoms. The molecule has 0 bridgehead atoms. The summed E-state index contributed by atoms with van der Waals surface area (Å²) in [6, 6.07) is 0. The van der Waals surface area contributed by atoms with Gasteiger partial charge in [-0.15, -0.1) is 0 Å². The molecule has 0 aromatic rings. The first kappa shape index (κ1) is 25.4. The van der Waals surface area contributed by atoms with Crippen molar-refractivity contribution in [2.75, 3.05) is 0 Å². The molecule has 0 aliphatic heterocycles. The van der Waals surface area contributed by atoms with E-state index in [1.165, 1.54) is 0 Å². The summed E-state index contributed by atoms with van der Waals surface area (Å²) in [7, 11) is 0. The average Bonchev–Trinajstić information content (AvgIpc) is 2.84. The molecule has 0 amide bonds. The molecule has 0 saturated heterocycles. The van der Waals surface area contributed by atoms with E-state index >= 15 is 0 Å². The Balaban J connectivity index is 1.15. The van der Waals surface area contributed by atoms with Crippen LogP contribution in [0.2, 0.25) is 0 Å². The van der Waals surface area contributed by atoms with E-state index in [4.69, 9.17) is 9.47 Å². The lowest BCUT2D eigenvalue weighted by Crippen LogP contribution is -2.37. The lowest BCUT2D eigenvalue weighted by Gasteiger charge is -2.41. The van der Waals surface area contributed by atoms with E-state index in [1.54, 1.807) is 13.8 Å². The topological polar surface area (TPSA) is 86.7 Å². The summed E-state index contributed by atoms with van der Waals surface area (Å²) >= 11 is 0. The van der Waals surface area contributed by atoms with Crippen LogP contribution in [0.25, 0.3) is 0 Å². The van der Waals surface area contributed by atoms with Crippen LogP contribution in [0.1, 0.15) is 104 Å². The summed E-state index contributed by atoms with van der Waals surface area (Å²) < 4.78 is 11.7. The van der Waals surface area contributed by atoms with Crippen LogP contribution in [0.15, 0.2) is 0 Å². The number of ketones is 2. The number of hydrogen-bond acceptors (Lipinski definition) is 6. The van der Waals surface area contributed by atoms with Gasteiger partial charge in [-0.2, -0.15) is 0 Å². The Kier molecular flexibility index (Phi) is 8.47. The number of hydrogen-bond donors (Lipinski definition) is 0. The first-order chi connectivity index (χ1) is 16.3. The maximum Gasteiger partial charge on any atom is 0.309 e. The highest BCUT2D eigenvalue weighted by Gasteiger charge is 2.40. The lowest BCUT2D eigenvalue weighted by molar-refractivity contribution is -0.165. The van der Waals surface area contributed by atoms with E-state index in [9.17, 15) is 19.2 Å². The fourth-order valence-electron chi connectivity index (χ4n) is 7.00. The second-order valence-corrected chi connectivity index (χ2v) is 11.6. The van der Waals surface area contributed by atoms with E-state index in [0.717, 1.165) is 89.9 Å². The maximum atomic E-state index is 12.9. The third-order valence-corrected chi connectivity index (χ3v) is 9.34. The second kappa shape index (κ2) is 11.3. The van der Waals surface area contributed by atoms with Crippen LogP contribution < -0.4 is 0 Å². The Morgan fingerprint density at radius 2 is 0.853 bits per heavy atom. The van der Waals surface area contributed by atoms with Gasteiger partial charge in [-0.3, -0.25) is 19.2 Å². The van der Waals surface area contributed by atoms with Crippen molar-refractivity contribution >= 4 is 23.5 Å². The Bertz CT molecular complexity index is 759. The zero-order valence-corrected chi connectivity index (χ0v) is 21.0. The highest BCUT2D eigenvalue weighted by atomic mass is 16.6. The van der Waals surface area contributed by atoms with Gasteiger partial charge < -0.3 is 9.47 Å². The third-order valence-electron chi connectivity index (χ3n) is 9.34. The molecular formula is C28H42O6. The third kappa shape index (κ3) is 6.28. The monoisotopic (exact) mass is 474 g/mol. The number of esters is 2. The Labute approximate surface area is 203 Å². The molecule has 0 aromatic heterocycles. The molecule has 0 radical (unpaired) electrons. The standard InChI is InChI=1S/C28H42O6/c1-17(29)19-3-5-20(6-4-19)27(31)33-25-11-13-26(14-12-25)34-28(32)24-10-9-22-15-21(18(2)30)7-8-23(22)16-24/h19-26H,3-16H2,1-2H3. The van der Waals surface area contributed by atoms with Gasteiger partial charge in [0.15, 0.2) is 0 Å². The van der Waals surface area contributed by atoms with E-state index in [0.29, 0.717) is 17.6 Å². The summed E-state index contributed by atoms with van der Waals surface area (Å²) in [5, 5.41) is 0. The normalized spacial score (nSPS) is 38.3. The molecule has 0 heterocycles. The Hall–Kier alpha value is -1.72. The van der Waals surface area contributed by atoms with E-state index in [-0.39, 0.29) is 53.6 Å². The van der Waals surface area contributed by atoms with Gasteiger partial charge in [0.2, 0.25) is 0 Å². The zero-order chi connectivity index (χ0) is 24.2. The summed E-state index contributed by atoms with van der Waals surface area (Å²) in [5.41, 5.74) is 0. The van der Waals surface area contributed by atoms with Crippen LogP contribution in [-0.4, -0.2) is 35.7 Å². The predicted molar refractivity (Wildman–Crippen MR) is 127 cm³/mol. The second-order valence-electron chi connectivity index (χ2n) is 11.6. The Morgan fingerprint density at radius 1 is 0.471 bits per heavy atom. The van der Waals surface area contributed by atoms with Gasteiger partial charge in [0.05, 0.1) is 11.8 Å². The zero-order valence-electron chi connectivity index (χ0n) is 21.0. The summed E-state index contributed by atoms with van der Waals surface area (Å²) in [6.45, 7) is 3.35. The van der Waals surface area contributed by atoms with Crippen molar-refractivity contribution in [1.82, 2.24) is 0 Å². The van der Waals surface area contributed by atoms with Crippen LogP contribution in [0.4, 0.5) is 0 Å². The average molecular weight is 475 g/mol. The minimum atomic E-state index is -0.112. The minimum absolute atomic E-state index is 0.00388. The quantitative estimate of drug-likeness (QED) is 0.492. The van der Waals surface area contributed by atoms with E-state index < -0.39 is 0 Å². The first-order valence-corrected chi connectivity index (χ1v) is 13.7. The summed E-state index contributed by atoms with van der Waals surface area (Å²) in [6.07, 6.45) is 11.8. The van der Waals surface area contributed by atoms with Crippen molar-refractivity contribution in [3.8, 4) is 0 Å². The molecule has 0 aromatic carbocycles. The van der Waals surface area contributed by atoms with Gasteiger partial charge in [0.1, 0.15) is 23.8 Å². The van der Waals surface area contributed by atoms with Gasteiger partial charge >= 0.3 is 11.9 Å². The summed E-state index contributed by atoms with van der Waals surface area (Å²) in [5.74, 6) is 1.80. The van der Waals surface area contributed by atoms with E-state index in [1.807, 2.05) is 0 Å². The van der Waals surface area contributed by atoms with Crippen molar-refractivity contribution < 1.29 is 28.7 Å².